The van der Waals surface area contributed by atoms with E-state index in [0.717, 1.165) is 12.8 Å². The van der Waals surface area contributed by atoms with Gasteiger partial charge in [0.15, 0.2) is 5.41 Å². The van der Waals surface area contributed by atoms with E-state index in [1.54, 1.807) is 0 Å². The average Bonchev–Trinajstić information content (AvgIpc) is 2.54. The van der Waals surface area contributed by atoms with Crippen molar-refractivity contribution >= 4 is 29.6 Å². The van der Waals surface area contributed by atoms with Crippen LogP contribution in [-0.4, -0.2) is 58.0 Å². The van der Waals surface area contributed by atoms with Gasteiger partial charge in [-0.05, 0) is 25.2 Å². The number of carboxylic acids is 1. The molecule has 2 rings (SSSR count). The summed E-state index contributed by atoms with van der Waals surface area (Å²) in [5.41, 5.74) is -2.85. The molecule has 1 aliphatic heterocycles. The average molecular weight is 381 g/mol. The number of aliphatic carboxylic acids is 1. The van der Waals surface area contributed by atoms with Crippen LogP contribution in [0.2, 0.25) is 0 Å². The number of nitrogens with one attached hydrogen (secondary N) is 2. The van der Waals surface area contributed by atoms with E-state index in [4.69, 9.17) is 5.11 Å². The van der Waals surface area contributed by atoms with Crippen molar-refractivity contribution < 1.29 is 34.5 Å². The van der Waals surface area contributed by atoms with Gasteiger partial charge in [0, 0.05) is 6.54 Å². The first-order valence-electron chi connectivity index (χ1n) is 8.81. The molecule has 1 fully saturated rings. The van der Waals surface area contributed by atoms with Gasteiger partial charge in [0.05, 0.1) is 0 Å². The van der Waals surface area contributed by atoms with E-state index in [2.05, 4.69) is 10.3 Å². The summed E-state index contributed by atoms with van der Waals surface area (Å²) in [5.74, 6) is -6.75. The highest BCUT2D eigenvalue weighted by Gasteiger charge is 2.60. The predicted molar refractivity (Wildman–Crippen MR) is 93.1 cm³/mol. The number of hydrogen-bond acceptors (Lipinski definition) is 5. The topological polar surface area (TPSA) is 165 Å². The summed E-state index contributed by atoms with van der Waals surface area (Å²) in [6.07, 6.45) is 3.20. The van der Waals surface area contributed by atoms with Crippen molar-refractivity contribution in [1.29, 1.82) is 0 Å². The summed E-state index contributed by atoms with van der Waals surface area (Å²) in [6, 6.07) is 0. The van der Waals surface area contributed by atoms with Gasteiger partial charge in [-0.15, -0.1) is 0 Å². The number of amides is 3. The zero-order valence-electron chi connectivity index (χ0n) is 14.9. The van der Waals surface area contributed by atoms with Gasteiger partial charge < -0.3 is 26.0 Å². The lowest BCUT2D eigenvalue weighted by Gasteiger charge is -2.43. The number of carboxylic acid groups (broad SMARTS) is 1. The Hall–Kier alpha value is -2.91. The molecule has 3 amide bonds. The van der Waals surface area contributed by atoms with E-state index in [-0.39, 0.29) is 0 Å². The van der Waals surface area contributed by atoms with Crippen molar-refractivity contribution in [2.24, 2.45) is 16.3 Å². The van der Waals surface area contributed by atoms with E-state index in [9.17, 15) is 29.4 Å². The van der Waals surface area contributed by atoms with Crippen LogP contribution in [0.25, 0.3) is 0 Å². The number of dihydropyridines is 1. The lowest BCUT2D eigenvalue weighted by Crippen LogP contribution is -2.57. The normalized spacial score (nSPS) is 22.7. The molecule has 1 unspecified atom stereocenters. The Morgan fingerprint density at radius 3 is 2.41 bits per heavy atom. The zero-order chi connectivity index (χ0) is 20.2. The number of rotatable bonds is 8. The van der Waals surface area contributed by atoms with Gasteiger partial charge in [0.1, 0.15) is 17.9 Å². The molecule has 0 spiro atoms. The van der Waals surface area contributed by atoms with Gasteiger partial charge in [-0.25, -0.2) is 0 Å². The predicted octanol–water partition coefficient (Wildman–Crippen LogP) is 0.199. The zero-order valence-corrected chi connectivity index (χ0v) is 14.9. The molecule has 10 nitrogen and oxygen atoms in total. The maximum absolute atomic E-state index is 12.9. The highest BCUT2D eigenvalue weighted by molar-refractivity contribution is 6.26. The monoisotopic (exact) mass is 381 g/mol. The standard InChI is InChI=1S/C17H23N3O7/c1-2-3-7-18-15(26)17(9-5-4-6-9)12(23)11(14(25)20-16(17)27)13(24)19-8-10(21)22/h9,23H,2-8H2,1H3,(H,18,26)(H,19,24)(H,21,22)(H,20,25,27). The van der Waals surface area contributed by atoms with Gasteiger partial charge in [0.2, 0.25) is 11.8 Å². The largest absolute Gasteiger partial charge is 0.510 e. The number of aliphatic hydroxyl groups is 2. The summed E-state index contributed by atoms with van der Waals surface area (Å²) < 4.78 is 0. The van der Waals surface area contributed by atoms with Crippen LogP contribution in [0, 0.1) is 11.3 Å². The molecule has 1 saturated carbocycles. The van der Waals surface area contributed by atoms with E-state index >= 15 is 0 Å². The lowest BCUT2D eigenvalue weighted by atomic mass is 9.61. The van der Waals surface area contributed by atoms with E-state index < -0.39 is 58.8 Å². The molecule has 2 aliphatic rings. The summed E-state index contributed by atoms with van der Waals surface area (Å²) in [7, 11) is 0. The highest BCUT2D eigenvalue weighted by atomic mass is 16.4. The minimum atomic E-state index is -2.02. The number of carbonyl (C=O) groups is 4. The van der Waals surface area contributed by atoms with Crippen molar-refractivity contribution in [3.63, 3.8) is 0 Å². The minimum Gasteiger partial charge on any atom is -0.510 e. The number of unbranched alkanes of at least 4 members (excludes halogenated alkanes) is 1. The molecule has 148 valence electrons. The lowest BCUT2D eigenvalue weighted by molar-refractivity contribution is -0.138. The van der Waals surface area contributed by atoms with Crippen molar-refractivity contribution in [3.8, 4) is 0 Å². The molecule has 10 heteroatoms. The maximum atomic E-state index is 12.9. The fourth-order valence-corrected chi connectivity index (χ4v) is 3.22. The van der Waals surface area contributed by atoms with Crippen LogP contribution < -0.4 is 10.6 Å². The Kier molecular flexibility index (Phi) is 6.19. The number of carbonyl (C=O) groups excluding carboxylic acids is 3. The minimum absolute atomic E-state index is 0.291. The Morgan fingerprint density at radius 2 is 1.89 bits per heavy atom. The van der Waals surface area contributed by atoms with E-state index in [1.165, 1.54) is 0 Å². The molecule has 0 bridgehead atoms. The Bertz CT molecular complexity index is 724. The van der Waals surface area contributed by atoms with E-state index in [0.29, 0.717) is 25.8 Å². The summed E-state index contributed by atoms with van der Waals surface area (Å²) in [6.45, 7) is 1.44. The molecular weight excluding hydrogens is 358 g/mol. The fourth-order valence-electron chi connectivity index (χ4n) is 3.22. The molecule has 1 aliphatic carbocycles. The van der Waals surface area contributed by atoms with Crippen molar-refractivity contribution in [3.05, 3.63) is 11.3 Å². The molecule has 0 aromatic rings. The first-order chi connectivity index (χ1) is 12.8. The Labute approximate surface area is 155 Å². The molecular formula is C17H23N3O7. The molecule has 0 radical (unpaired) electrons. The third kappa shape index (κ3) is 3.64. The van der Waals surface area contributed by atoms with Crippen LogP contribution >= 0.6 is 0 Å². The number of aliphatic imine (C=N–C) groups is 1. The van der Waals surface area contributed by atoms with Crippen LogP contribution in [0.5, 0.6) is 0 Å². The molecule has 0 saturated heterocycles. The van der Waals surface area contributed by atoms with Gasteiger partial charge in [-0.2, -0.15) is 4.99 Å². The van der Waals surface area contributed by atoms with Gasteiger partial charge in [-0.1, -0.05) is 19.8 Å². The van der Waals surface area contributed by atoms with Crippen LogP contribution in [0.1, 0.15) is 39.0 Å². The maximum Gasteiger partial charge on any atom is 0.322 e. The Balaban J connectivity index is 2.47. The molecule has 0 aromatic carbocycles. The molecule has 5 N–H and O–H groups in total. The smallest absolute Gasteiger partial charge is 0.322 e. The second-order valence-electron chi connectivity index (χ2n) is 6.59. The third-order valence-corrected chi connectivity index (χ3v) is 4.90. The first kappa shape index (κ1) is 20.4. The highest BCUT2D eigenvalue weighted by Crippen LogP contribution is 2.49. The molecule has 1 atom stereocenters. The summed E-state index contributed by atoms with van der Waals surface area (Å²) in [5, 5.41) is 34.4. The fraction of sp³-hybridized carbons (Fsp3) is 0.588. The molecule has 27 heavy (non-hydrogen) atoms. The summed E-state index contributed by atoms with van der Waals surface area (Å²) >= 11 is 0. The third-order valence-electron chi connectivity index (χ3n) is 4.90. The van der Waals surface area contributed by atoms with Gasteiger partial charge in [0.25, 0.3) is 11.8 Å². The van der Waals surface area contributed by atoms with Crippen LogP contribution in [0.3, 0.4) is 0 Å². The van der Waals surface area contributed by atoms with Gasteiger partial charge in [-0.3, -0.25) is 19.2 Å². The SMILES string of the molecule is CCCCNC(=O)C1(C2CCC2)C(O)=NC(=O)C(C(=O)NCC(=O)O)=C1O. The first-order valence-corrected chi connectivity index (χ1v) is 8.81. The number of nitrogens with zero attached hydrogens (tertiary/aromatic N) is 1. The van der Waals surface area contributed by atoms with Crippen molar-refractivity contribution in [2.45, 2.75) is 39.0 Å². The second kappa shape index (κ2) is 8.19. The van der Waals surface area contributed by atoms with Crippen LogP contribution in [0.4, 0.5) is 0 Å². The Morgan fingerprint density at radius 1 is 1.22 bits per heavy atom. The van der Waals surface area contributed by atoms with Crippen molar-refractivity contribution in [1.82, 2.24) is 10.6 Å². The van der Waals surface area contributed by atoms with Crippen LogP contribution in [0.15, 0.2) is 16.3 Å². The van der Waals surface area contributed by atoms with Crippen molar-refractivity contribution in [2.75, 3.05) is 13.1 Å². The van der Waals surface area contributed by atoms with E-state index in [1.807, 2.05) is 12.2 Å². The summed E-state index contributed by atoms with van der Waals surface area (Å²) in [4.78, 5) is 51.3. The molecule has 0 aromatic heterocycles. The van der Waals surface area contributed by atoms with Gasteiger partial charge >= 0.3 is 5.97 Å². The second-order valence-corrected chi connectivity index (χ2v) is 6.59. The number of hydrogen-bond donors (Lipinski definition) is 5. The van der Waals surface area contributed by atoms with Crippen LogP contribution in [-0.2, 0) is 19.2 Å². The quantitative estimate of drug-likeness (QED) is 0.296. The number of aliphatic hydroxyl groups excluding tert-OH is 2. The molecule has 1 heterocycles.